The van der Waals surface area contributed by atoms with Crippen LogP contribution in [-0.2, 0) is 0 Å². The van der Waals surface area contributed by atoms with E-state index in [1.54, 1.807) is 0 Å². The van der Waals surface area contributed by atoms with Crippen molar-refractivity contribution in [1.82, 2.24) is 0 Å². The number of ketones is 1. The summed E-state index contributed by atoms with van der Waals surface area (Å²) in [4.78, 5) is 12.8. The summed E-state index contributed by atoms with van der Waals surface area (Å²) in [6.45, 7) is 4.36. The first kappa shape index (κ1) is 19.2. The maximum Gasteiger partial charge on any atom is 0.165 e. The topological polar surface area (TPSA) is 29.1 Å². The Morgan fingerprint density at radius 3 is 2.04 bits per heavy atom. The smallest absolute Gasteiger partial charge is 0.165 e. The molecule has 0 spiro atoms. The summed E-state index contributed by atoms with van der Waals surface area (Å²) in [5.74, 6) is 0.600. The highest BCUT2D eigenvalue weighted by atomic mass is 35.5. The van der Waals surface area contributed by atoms with Gasteiger partial charge in [-0.15, -0.1) is 0 Å². The summed E-state index contributed by atoms with van der Waals surface area (Å²) >= 11 is 5.99. The molecule has 0 radical (unpaired) electrons. The van der Waals surface area contributed by atoms with Crippen LogP contribution >= 0.6 is 11.6 Å². The van der Waals surface area contributed by atoms with Gasteiger partial charge in [0.05, 0.1) is 6.04 Å². The number of benzene rings is 3. The maximum absolute atomic E-state index is 12.8. The van der Waals surface area contributed by atoms with Gasteiger partial charge in [0.25, 0.3) is 0 Å². The summed E-state index contributed by atoms with van der Waals surface area (Å²) in [5.41, 5.74) is 4.06. The van der Waals surface area contributed by atoms with Crippen LogP contribution in [-0.4, -0.2) is 5.78 Å². The average molecular weight is 378 g/mol. The number of halogens is 1. The Balaban J connectivity index is 1.85. The number of rotatable bonds is 7. The van der Waals surface area contributed by atoms with Crippen LogP contribution < -0.4 is 5.32 Å². The fourth-order valence-electron chi connectivity index (χ4n) is 3.04. The zero-order chi connectivity index (χ0) is 19.2. The third kappa shape index (κ3) is 5.21. The van der Waals surface area contributed by atoms with Crippen LogP contribution in [0.25, 0.3) is 0 Å². The zero-order valence-electron chi connectivity index (χ0n) is 15.7. The van der Waals surface area contributed by atoms with Crippen LogP contribution in [0.15, 0.2) is 78.9 Å². The van der Waals surface area contributed by atoms with Crippen molar-refractivity contribution in [2.45, 2.75) is 32.2 Å². The van der Waals surface area contributed by atoms with Crippen LogP contribution in [0.2, 0.25) is 5.02 Å². The number of Topliss-reactive ketones (excluding diaryl/α,β-unsaturated/α-hetero) is 1. The lowest BCUT2D eigenvalue weighted by Crippen LogP contribution is -2.16. The summed E-state index contributed by atoms with van der Waals surface area (Å²) in [7, 11) is 0. The molecule has 0 bridgehead atoms. The fourth-order valence-corrected chi connectivity index (χ4v) is 3.17. The van der Waals surface area contributed by atoms with E-state index in [1.807, 2.05) is 54.6 Å². The zero-order valence-corrected chi connectivity index (χ0v) is 16.4. The van der Waals surface area contributed by atoms with Crippen molar-refractivity contribution in [3.8, 4) is 0 Å². The molecule has 1 N–H and O–H groups in total. The molecule has 0 aliphatic carbocycles. The second-order valence-electron chi connectivity index (χ2n) is 7.02. The van der Waals surface area contributed by atoms with Gasteiger partial charge in [0.1, 0.15) is 0 Å². The molecule has 0 unspecified atom stereocenters. The Hall–Kier alpha value is -2.58. The van der Waals surface area contributed by atoms with Crippen molar-refractivity contribution in [2.24, 2.45) is 0 Å². The maximum atomic E-state index is 12.8. The predicted octanol–water partition coefficient (Wildman–Crippen LogP) is 6.89. The van der Waals surface area contributed by atoms with Gasteiger partial charge in [-0.1, -0.05) is 80.0 Å². The lowest BCUT2D eigenvalue weighted by atomic mass is 9.95. The Labute approximate surface area is 166 Å². The standard InChI is InChI=1S/C24H24ClNO/c1-17(2)18-8-10-19(11-9-18)23(26-22-14-12-21(25)13-15-22)16-24(27)20-6-4-3-5-7-20/h3-15,17,23,26H,16H2,1-2H3/t23-/m1/s1. The predicted molar refractivity (Wildman–Crippen MR) is 114 cm³/mol. The highest BCUT2D eigenvalue weighted by Crippen LogP contribution is 2.27. The minimum absolute atomic E-state index is 0.111. The van der Waals surface area contributed by atoms with Gasteiger partial charge in [-0.25, -0.2) is 0 Å². The number of carbonyl (C=O) groups excluding carboxylic acids is 1. The van der Waals surface area contributed by atoms with Crippen molar-refractivity contribution in [3.63, 3.8) is 0 Å². The molecular weight excluding hydrogens is 354 g/mol. The molecule has 3 rings (SSSR count). The Morgan fingerprint density at radius 1 is 0.852 bits per heavy atom. The molecule has 27 heavy (non-hydrogen) atoms. The number of hydrogen-bond donors (Lipinski definition) is 1. The van der Waals surface area contributed by atoms with Gasteiger partial charge in [0.2, 0.25) is 0 Å². The van der Waals surface area contributed by atoms with Gasteiger partial charge >= 0.3 is 0 Å². The summed E-state index contributed by atoms with van der Waals surface area (Å²) in [6, 6.07) is 25.4. The molecule has 0 saturated carbocycles. The second kappa shape index (κ2) is 8.88. The molecule has 0 aliphatic heterocycles. The quantitative estimate of drug-likeness (QED) is 0.454. The Bertz CT molecular complexity index is 871. The van der Waals surface area contributed by atoms with E-state index in [0.717, 1.165) is 16.8 Å². The summed E-state index contributed by atoms with van der Waals surface area (Å²) in [6.07, 6.45) is 0.383. The van der Waals surface area contributed by atoms with Crippen molar-refractivity contribution >= 4 is 23.1 Å². The molecule has 0 amide bonds. The summed E-state index contributed by atoms with van der Waals surface area (Å²) < 4.78 is 0. The SMILES string of the molecule is CC(C)c1ccc([C@@H](CC(=O)c2ccccc2)Nc2ccc(Cl)cc2)cc1. The molecule has 0 heterocycles. The van der Waals surface area contributed by atoms with Gasteiger partial charge < -0.3 is 5.32 Å². The van der Waals surface area contributed by atoms with Gasteiger partial charge in [-0.2, -0.15) is 0 Å². The third-order valence-corrected chi connectivity index (χ3v) is 4.93. The molecule has 0 fully saturated rings. The minimum Gasteiger partial charge on any atom is -0.378 e. The van der Waals surface area contributed by atoms with E-state index in [1.165, 1.54) is 5.56 Å². The number of nitrogens with one attached hydrogen (secondary N) is 1. The fraction of sp³-hybridized carbons (Fsp3) is 0.208. The largest absolute Gasteiger partial charge is 0.378 e. The van der Waals surface area contributed by atoms with Gasteiger partial charge in [0.15, 0.2) is 5.78 Å². The summed E-state index contributed by atoms with van der Waals surface area (Å²) in [5, 5.41) is 4.19. The highest BCUT2D eigenvalue weighted by Gasteiger charge is 2.17. The van der Waals surface area contributed by atoms with E-state index in [4.69, 9.17) is 11.6 Å². The van der Waals surface area contributed by atoms with E-state index in [2.05, 4.69) is 43.4 Å². The Kier molecular flexibility index (Phi) is 6.31. The van der Waals surface area contributed by atoms with Gasteiger partial charge in [0, 0.05) is 22.7 Å². The monoisotopic (exact) mass is 377 g/mol. The van der Waals surface area contributed by atoms with Crippen LogP contribution in [0.4, 0.5) is 5.69 Å². The number of hydrogen-bond acceptors (Lipinski definition) is 2. The Morgan fingerprint density at radius 2 is 1.44 bits per heavy atom. The molecule has 3 aromatic carbocycles. The molecule has 1 atom stereocenters. The van der Waals surface area contributed by atoms with E-state index >= 15 is 0 Å². The van der Waals surface area contributed by atoms with E-state index in [-0.39, 0.29) is 11.8 Å². The first-order chi connectivity index (χ1) is 13.0. The average Bonchev–Trinajstić information content (AvgIpc) is 2.70. The molecule has 0 aliphatic rings. The second-order valence-corrected chi connectivity index (χ2v) is 7.45. The molecule has 0 aromatic heterocycles. The lowest BCUT2D eigenvalue weighted by Gasteiger charge is -2.21. The third-order valence-electron chi connectivity index (χ3n) is 4.68. The van der Waals surface area contributed by atoms with E-state index in [9.17, 15) is 4.79 Å². The lowest BCUT2D eigenvalue weighted by molar-refractivity contribution is 0.0976. The van der Waals surface area contributed by atoms with Crippen molar-refractivity contribution in [2.75, 3.05) is 5.32 Å². The molecule has 2 nitrogen and oxygen atoms in total. The van der Waals surface area contributed by atoms with Crippen LogP contribution in [0.3, 0.4) is 0 Å². The molecular formula is C24H24ClNO. The van der Waals surface area contributed by atoms with Crippen molar-refractivity contribution in [3.05, 3.63) is 101 Å². The first-order valence-electron chi connectivity index (χ1n) is 9.23. The number of anilines is 1. The van der Waals surface area contributed by atoms with Crippen molar-refractivity contribution in [1.29, 1.82) is 0 Å². The minimum atomic E-state index is -0.111. The van der Waals surface area contributed by atoms with Gasteiger partial charge in [-0.05, 0) is 41.3 Å². The molecule has 3 heteroatoms. The highest BCUT2D eigenvalue weighted by molar-refractivity contribution is 6.30. The van der Waals surface area contributed by atoms with E-state index in [0.29, 0.717) is 17.4 Å². The molecule has 0 saturated heterocycles. The number of carbonyl (C=O) groups is 1. The molecule has 3 aromatic rings. The van der Waals surface area contributed by atoms with Crippen LogP contribution in [0, 0.1) is 0 Å². The normalized spacial score (nSPS) is 12.0. The first-order valence-corrected chi connectivity index (χ1v) is 9.61. The van der Waals surface area contributed by atoms with Crippen molar-refractivity contribution < 1.29 is 4.79 Å². The van der Waals surface area contributed by atoms with Crippen LogP contribution in [0.1, 0.15) is 53.7 Å². The van der Waals surface area contributed by atoms with Gasteiger partial charge in [-0.3, -0.25) is 4.79 Å². The molecule has 138 valence electrons. The van der Waals surface area contributed by atoms with Crippen LogP contribution in [0.5, 0.6) is 0 Å². The van der Waals surface area contributed by atoms with E-state index < -0.39 is 0 Å².